The van der Waals surface area contributed by atoms with Crippen molar-refractivity contribution < 1.29 is 14.3 Å². The number of nitrogens with zero attached hydrogens (tertiary/aromatic N) is 8. The summed E-state index contributed by atoms with van der Waals surface area (Å²) in [5.41, 5.74) is 2.40. The second-order valence-corrected chi connectivity index (χ2v) is 13.3. The molecule has 240 valence electrons. The van der Waals surface area contributed by atoms with Crippen molar-refractivity contribution in [1.29, 1.82) is 0 Å². The number of rotatable bonds is 6. The number of aromatic amines is 1. The average molecular weight is 658 g/mol. The number of piperidine rings is 1. The molecule has 13 nitrogen and oxygen atoms in total. The van der Waals surface area contributed by atoms with E-state index in [0.717, 1.165) is 16.7 Å². The van der Waals surface area contributed by atoms with Crippen molar-refractivity contribution in [3.05, 3.63) is 34.3 Å². The van der Waals surface area contributed by atoms with Crippen LogP contribution in [0.4, 0.5) is 16.6 Å². The Bertz CT molecular complexity index is 1680. The Labute approximate surface area is 271 Å². The maximum Gasteiger partial charge on any atom is 0.410 e. The number of ether oxygens (including phenoxy) is 1. The van der Waals surface area contributed by atoms with Gasteiger partial charge in [0.15, 0.2) is 17.0 Å². The van der Waals surface area contributed by atoms with Crippen LogP contribution in [0.3, 0.4) is 0 Å². The Morgan fingerprint density at radius 2 is 1.71 bits per heavy atom. The first-order valence-corrected chi connectivity index (χ1v) is 16.1. The fraction of sp³-hybridized carbons (Fsp3) is 0.533. The smallest absolute Gasteiger partial charge is 0.410 e. The van der Waals surface area contributed by atoms with E-state index in [1.807, 2.05) is 37.2 Å². The van der Waals surface area contributed by atoms with E-state index >= 15 is 0 Å². The number of nitrogens with one attached hydrogen (secondary N) is 2. The number of H-pyrrole nitrogens is 1. The first kappa shape index (κ1) is 31.2. The van der Waals surface area contributed by atoms with Gasteiger partial charge in [-0.3, -0.25) is 4.79 Å². The average Bonchev–Trinajstić information content (AvgIpc) is 3.62. The minimum atomic E-state index is -0.538. The molecule has 2 aliphatic rings. The lowest BCUT2D eigenvalue weighted by Crippen LogP contribution is -2.52. The third kappa shape index (κ3) is 6.74. The molecule has 2 saturated heterocycles. The fourth-order valence-electron chi connectivity index (χ4n) is 5.76. The van der Waals surface area contributed by atoms with Crippen LogP contribution in [0.2, 0.25) is 10.0 Å². The monoisotopic (exact) mass is 656 g/mol. The van der Waals surface area contributed by atoms with Crippen LogP contribution < -0.4 is 10.2 Å². The third-order valence-corrected chi connectivity index (χ3v) is 8.88. The van der Waals surface area contributed by atoms with E-state index in [1.54, 1.807) is 23.4 Å². The van der Waals surface area contributed by atoms with Crippen LogP contribution >= 0.6 is 23.2 Å². The molecule has 1 aromatic carbocycles. The summed E-state index contributed by atoms with van der Waals surface area (Å²) in [6.07, 6.45) is 2.73. The number of piperazine rings is 1. The maximum absolute atomic E-state index is 13.4. The molecule has 15 heteroatoms. The molecule has 0 unspecified atom stereocenters. The number of aryl methyl sites for hydroxylation is 1. The number of imidazole rings is 2. The number of hydrogen-bond acceptors (Lipinski definition) is 9. The summed E-state index contributed by atoms with van der Waals surface area (Å²) in [6, 6.07) is 3.50. The van der Waals surface area contributed by atoms with E-state index in [1.165, 1.54) is 0 Å². The number of fused-ring (bicyclic) bond motifs is 2. The standard InChI is InChI=1S/C30H38Cl2N10O3/c1-5-39-17-34-24-25(33-16-23-35-21-14-19(31)20(32)15-22(21)36-23)37-28(38-26(24)39)41-12-10-40(11-13-41)27(43)18-6-8-42(9-7-18)29(44)45-30(2,3)4/h14-15,17-18H,5-13,16H2,1-4H3,(H,35,36)(H,33,37,38). The summed E-state index contributed by atoms with van der Waals surface area (Å²) in [5.74, 6) is 1.95. The van der Waals surface area contributed by atoms with Crippen molar-refractivity contribution in [3.63, 3.8) is 0 Å². The molecule has 0 radical (unpaired) electrons. The van der Waals surface area contributed by atoms with Gasteiger partial charge in [-0.1, -0.05) is 23.2 Å². The lowest BCUT2D eigenvalue weighted by molar-refractivity contribution is -0.137. The van der Waals surface area contributed by atoms with Crippen LogP contribution in [0, 0.1) is 5.92 Å². The van der Waals surface area contributed by atoms with E-state index in [9.17, 15) is 9.59 Å². The van der Waals surface area contributed by atoms with Gasteiger partial charge in [-0.15, -0.1) is 0 Å². The summed E-state index contributed by atoms with van der Waals surface area (Å²) >= 11 is 12.3. The molecular formula is C30H38Cl2N10O3. The number of halogens is 2. The molecular weight excluding hydrogens is 619 g/mol. The van der Waals surface area contributed by atoms with E-state index in [2.05, 4.69) is 25.2 Å². The number of carbonyl (C=O) groups is 2. The highest BCUT2D eigenvalue weighted by molar-refractivity contribution is 6.42. The van der Waals surface area contributed by atoms with Gasteiger partial charge in [0.2, 0.25) is 11.9 Å². The van der Waals surface area contributed by atoms with Crippen LogP contribution in [0.25, 0.3) is 22.2 Å². The van der Waals surface area contributed by atoms with Crippen molar-refractivity contribution in [2.45, 2.75) is 59.2 Å². The second-order valence-electron chi connectivity index (χ2n) is 12.4. The topological polar surface area (TPSA) is 137 Å². The van der Waals surface area contributed by atoms with Crippen LogP contribution in [-0.4, -0.2) is 96.2 Å². The molecule has 45 heavy (non-hydrogen) atoms. The third-order valence-electron chi connectivity index (χ3n) is 8.16. The van der Waals surface area contributed by atoms with Gasteiger partial charge in [0.05, 0.1) is 34.0 Å². The van der Waals surface area contributed by atoms with Gasteiger partial charge in [0.1, 0.15) is 11.4 Å². The Morgan fingerprint density at radius 1 is 1.00 bits per heavy atom. The number of likely N-dealkylation sites (tertiary alicyclic amines) is 1. The number of hydrogen-bond donors (Lipinski definition) is 2. The zero-order valence-electron chi connectivity index (χ0n) is 25.9. The first-order chi connectivity index (χ1) is 21.5. The van der Waals surface area contributed by atoms with Gasteiger partial charge < -0.3 is 34.3 Å². The molecule has 0 bridgehead atoms. The molecule has 2 amide bonds. The number of carbonyl (C=O) groups excluding carboxylic acids is 2. The Kier molecular flexibility index (Phi) is 8.66. The van der Waals surface area contributed by atoms with Gasteiger partial charge in [-0.05, 0) is 52.7 Å². The molecule has 4 aromatic rings. The van der Waals surface area contributed by atoms with Gasteiger partial charge in [-0.25, -0.2) is 14.8 Å². The molecule has 2 N–H and O–H groups in total. The summed E-state index contributed by atoms with van der Waals surface area (Å²) in [7, 11) is 0. The number of benzene rings is 1. The van der Waals surface area contributed by atoms with Gasteiger partial charge in [-0.2, -0.15) is 9.97 Å². The molecule has 0 spiro atoms. The van der Waals surface area contributed by atoms with Crippen LogP contribution in [0.5, 0.6) is 0 Å². The number of anilines is 2. The van der Waals surface area contributed by atoms with Crippen molar-refractivity contribution >= 4 is 69.2 Å². The summed E-state index contributed by atoms with van der Waals surface area (Å²) < 4.78 is 7.48. The minimum Gasteiger partial charge on any atom is -0.444 e. The van der Waals surface area contributed by atoms with E-state index in [0.29, 0.717) is 98.4 Å². The lowest BCUT2D eigenvalue weighted by atomic mass is 9.95. The number of aromatic nitrogens is 6. The molecule has 2 fully saturated rings. The Balaban J connectivity index is 1.11. The normalized spacial score (nSPS) is 16.5. The first-order valence-electron chi connectivity index (χ1n) is 15.3. The highest BCUT2D eigenvalue weighted by Crippen LogP contribution is 2.28. The zero-order chi connectivity index (χ0) is 31.9. The SMILES string of the molecule is CCn1cnc2c(NCc3nc4cc(Cl)c(Cl)cc4[nH]3)nc(N3CCN(C(=O)C4CCN(C(=O)OC(C)(C)C)CC4)CC3)nc21. The lowest BCUT2D eigenvalue weighted by Gasteiger charge is -2.38. The zero-order valence-corrected chi connectivity index (χ0v) is 27.5. The van der Waals surface area contributed by atoms with E-state index in [4.69, 9.17) is 37.9 Å². The largest absolute Gasteiger partial charge is 0.444 e. The van der Waals surface area contributed by atoms with E-state index in [-0.39, 0.29) is 17.9 Å². The van der Waals surface area contributed by atoms with Gasteiger partial charge >= 0.3 is 6.09 Å². The predicted octanol–water partition coefficient (Wildman–Crippen LogP) is 4.94. The highest BCUT2D eigenvalue weighted by Gasteiger charge is 2.33. The Morgan fingerprint density at radius 3 is 2.40 bits per heavy atom. The quantitative estimate of drug-likeness (QED) is 0.296. The van der Waals surface area contributed by atoms with Gasteiger partial charge in [0, 0.05) is 51.7 Å². The molecule has 2 aliphatic heterocycles. The van der Waals surface area contributed by atoms with Crippen LogP contribution in [-0.2, 0) is 22.6 Å². The van der Waals surface area contributed by atoms with Crippen LogP contribution in [0.15, 0.2) is 18.5 Å². The molecule has 6 rings (SSSR count). The molecule has 5 heterocycles. The van der Waals surface area contributed by atoms with Crippen molar-refractivity contribution in [1.82, 2.24) is 39.3 Å². The maximum atomic E-state index is 13.4. The summed E-state index contributed by atoms with van der Waals surface area (Å²) in [6.45, 7) is 12.1. The van der Waals surface area contributed by atoms with Crippen LogP contribution in [0.1, 0.15) is 46.4 Å². The highest BCUT2D eigenvalue weighted by atomic mass is 35.5. The predicted molar refractivity (Wildman–Crippen MR) is 174 cm³/mol. The molecule has 3 aromatic heterocycles. The number of amides is 2. The van der Waals surface area contributed by atoms with Gasteiger partial charge in [0.25, 0.3) is 0 Å². The molecule has 0 atom stereocenters. The van der Waals surface area contributed by atoms with Crippen molar-refractivity contribution in [2.75, 3.05) is 49.5 Å². The second kappa shape index (κ2) is 12.5. The molecule has 0 aliphatic carbocycles. The summed E-state index contributed by atoms with van der Waals surface area (Å²) in [5, 5.41) is 4.30. The Hall–Kier alpha value is -3.84. The minimum absolute atomic E-state index is 0.0946. The molecule has 0 saturated carbocycles. The van der Waals surface area contributed by atoms with Crippen molar-refractivity contribution in [3.8, 4) is 0 Å². The summed E-state index contributed by atoms with van der Waals surface area (Å²) in [4.78, 5) is 53.8. The van der Waals surface area contributed by atoms with Crippen molar-refractivity contribution in [2.24, 2.45) is 5.92 Å². The van der Waals surface area contributed by atoms with E-state index < -0.39 is 5.60 Å². The fourth-order valence-corrected chi connectivity index (χ4v) is 6.08.